The highest BCUT2D eigenvalue weighted by molar-refractivity contribution is 5.99. The summed E-state index contributed by atoms with van der Waals surface area (Å²) in [6.45, 7) is 6.44. The highest BCUT2D eigenvalue weighted by Crippen LogP contribution is 2.66. The largest absolute Gasteiger partial charge is 0.349 e. The second kappa shape index (κ2) is 10.2. The Balaban J connectivity index is 1.23. The quantitative estimate of drug-likeness (QED) is 0.512. The molecule has 6 nitrogen and oxygen atoms in total. The van der Waals surface area contributed by atoms with Crippen molar-refractivity contribution in [2.45, 2.75) is 78.6 Å². The third-order valence-corrected chi connectivity index (χ3v) is 11.3. The van der Waals surface area contributed by atoms with Crippen LogP contribution in [0.2, 0.25) is 0 Å². The smallest absolute Gasteiger partial charge is 0.220 e. The van der Waals surface area contributed by atoms with E-state index in [2.05, 4.69) is 26.1 Å². The maximum Gasteiger partial charge on any atom is 0.220 e. The van der Waals surface area contributed by atoms with Crippen LogP contribution in [-0.2, 0) is 19.2 Å². The summed E-state index contributed by atoms with van der Waals surface area (Å²) in [6, 6.07) is 8.93. The molecule has 5 rings (SSSR count). The number of rotatable bonds is 7. The van der Waals surface area contributed by atoms with Crippen molar-refractivity contribution in [2.75, 3.05) is 6.54 Å². The van der Waals surface area contributed by atoms with E-state index in [4.69, 9.17) is 0 Å². The first-order chi connectivity index (χ1) is 18.1. The monoisotopic (exact) mass is 519 g/mol. The molecule has 4 saturated carbocycles. The lowest BCUT2D eigenvalue weighted by Crippen LogP contribution is -2.60. The van der Waals surface area contributed by atoms with Gasteiger partial charge < -0.3 is 5.32 Å². The van der Waals surface area contributed by atoms with Gasteiger partial charge in [0.05, 0.1) is 6.54 Å². The molecule has 38 heavy (non-hydrogen) atoms. The van der Waals surface area contributed by atoms with Gasteiger partial charge in [0.1, 0.15) is 17.3 Å². The third-order valence-electron chi connectivity index (χ3n) is 11.3. The van der Waals surface area contributed by atoms with E-state index >= 15 is 0 Å². The Labute approximate surface area is 225 Å². The van der Waals surface area contributed by atoms with Gasteiger partial charge in [0.2, 0.25) is 5.91 Å². The number of benzene rings is 1. The molecule has 0 heterocycles. The molecule has 6 heteroatoms. The Morgan fingerprint density at radius 1 is 1.00 bits per heavy atom. The number of hydrogen-bond donors (Lipinski definition) is 1. The van der Waals surface area contributed by atoms with Gasteiger partial charge in [-0.3, -0.25) is 24.0 Å². The number of ketones is 4. The number of fused-ring (bicyclic) bond motifs is 5. The topological polar surface area (TPSA) is 97.4 Å². The predicted molar refractivity (Wildman–Crippen MR) is 143 cm³/mol. The highest BCUT2D eigenvalue weighted by atomic mass is 16.2. The molecular formula is C32H41NO5. The Kier molecular flexibility index (Phi) is 7.21. The molecule has 1 N–H and O–H groups in total. The van der Waals surface area contributed by atoms with E-state index < -0.39 is 5.41 Å². The molecule has 0 aromatic heterocycles. The first kappa shape index (κ1) is 27.0. The summed E-state index contributed by atoms with van der Waals surface area (Å²) < 4.78 is 0. The second-order valence-corrected chi connectivity index (χ2v) is 13.0. The summed E-state index contributed by atoms with van der Waals surface area (Å²) >= 11 is 0. The number of nitrogens with one attached hydrogen (secondary N) is 1. The number of amides is 1. The lowest BCUT2D eigenvalue weighted by molar-refractivity contribution is -0.166. The van der Waals surface area contributed by atoms with E-state index in [0.29, 0.717) is 44.1 Å². The van der Waals surface area contributed by atoms with E-state index in [1.54, 1.807) is 24.3 Å². The highest BCUT2D eigenvalue weighted by Gasteiger charge is 2.66. The fourth-order valence-corrected chi connectivity index (χ4v) is 8.94. The van der Waals surface area contributed by atoms with Gasteiger partial charge in [-0.1, -0.05) is 51.1 Å². The number of Topliss-reactive ketones (excluding diaryl/α,β-unsaturated/α-hetero) is 4. The molecule has 4 fully saturated rings. The first-order valence-corrected chi connectivity index (χ1v) is 14.5. The van der Waals surface area contributed by atoms with Crippen LogP contribution in [0.1, 0.15) is 88.9 Å². The molecule has 1 amide bonds. The van der Waals surface area contributed by atoms with Crippen LogP contribution in [0.3, 0.4) is 0 Å². The minimum atomic E-state index is -0.538. The number of carbonyl (C=O) groups is 5. The Morgan fingerprint density at radius 2 is 1.74 bits per heavy atom. The lowest BCUT2D eigenvalue weighted by Gasteiger charge is -2.58. The van der Waals surface area contributed by atoms with E-state index in [1.807, 2.05) is 6.07 Å². The molecule has 0 radical (unpaired) electrons. The van der Waals surface area contributed by atoms with Crippen molar-refractivity contribution in [2.24, 2.45) is 46.3 Å². The van der Waals surface area contributed by atoms with Gasteiger partial charge >= 0.3 is 0 Å². The molecule has 4 aliphatic carbocycles. The van der Waals surface area contributed by atoms with Gasteiger partial charge in [-0.2, -0.15) is 0 Å². The molecule has 8 atom stereocenters. The summed E-state index contributed by atoms with van der Waals surface area (Å²) in [5.74, 6) is 0.954. The van der Waals surface area contributed by atoms with Crippen LogP contribution in [-0.4, -0.2) is 35.6 Å². The number of hydrogen-bond acceptors (Lipinski definition) is 5. The second-order valence-electron chi connectivity index (χ2n) is 13.0. The van der Waals surface area contributed by atoms with Crippen LogP contribution in [0.4, 0.5) is 0 Å². The van der Waals surface area contributed by atoms with Gasteiger partial charge in [-0.25, -0.2) is 0 Å². The van der Waals surface area contributed by atoms with Gasteiger partial charge in [0.15, 0.2) is 5.78 Å². The third kappa shape index (κ3) is 4.48. The van der Waals surface area contributed by atoms with Crippen molar-refractivity contribution >= 4 is 29.0 Å². The Morgan fingerprint density at radius 3 is 2.47 bits per heavy atom. The van der Waals surface area contributed by atoms with E-state index in [-0.39, 0.29) is 76.5 Å². The molecule has 0 spiro atoms. The maximum absolute atomic E-state index is 13.9. The zero-order valence-electron chi connectivity index (χ0n) is 23.0. The molecule has 0 saturated heterocycles. The van der Waals surface area contributed by atoms with Gasteiger partial charge in [0.25, 0.3) is 0 Å². The van der Waals surface area contributed by atoms with Crippen LogP contribution >= 0.6 is 0 Å². The first-order valence-electron chi connectivity index (χ1n) is 14.5. The maximum atomic E-state index is 13.9. The fourth-order valence-electron chi connectivity index (χ4n) is 8.94. The van der Waals surface area contributed by atoms with E-state index in [0.717, 1.165) is 19.3 Å². The minimum absolute atomic E-state index is 0.0184. The van der Waals surface area contributed by atoms with Crippen LogP contribution in [0.15, 0.2) is 30.3 Å². The van der Waals surface area contributed by atoms with Crippen LogP contribution in [0, 0.1) is 46.3 Å². The van der Waals surface area contributed by atoms with Gasteiger partial charge in [-0.15, -0.1) is 0 Å². The summed E-state index contributed by atoms with van der Waals surface area (Å²) in [7, 11) is 0. The molecule has 0 unspecified atom stereocenters. The van der Waals surface area contributed by atoms with Crippen LogP contribution < -0.4 is 5.32 Å². The minimum Gasteiger partial charge on any atom is -0.349 e. The average molecular weight is 520 g/mol. The van der Waals surface area contributed by atoms with Gasteiger partial charge in [-0.05, 0) is 60.7 Å². The lowest BCUT2D eigenvalue weighted by atomic mass is 9.44. The zero-order chi connectivity index (χ0) is 27.2. The Bertz CT molecular complexity index is 1140. The van der Waals surface area contributed by atoms with Crippen LogP contribution in [0.25, 0.3) is 0 Å². The van der Waals surface area contributed by atoms with Crippen molar-refractivity contribution in [3.05, 3.63) is 35.9 Å². The standard InChI is InChI=1S/C32H41NO5/c1-19(9-12-29(38)33-18-27(36)20-7-5-4-6-8-20)23-10-11-24-30-25(17-28(37)32(23,24)3)31(2)14-13-22(34)15-21(31)16-26(30)35/h4-8,19,21,23-25,30H,9-18H2,1-3H3,(H,33,38)/t19-,21+,23-,24+,25+,30+,31+,32-/m1/s1. The molecule has 1 aromatic carbocycles. The van der Waals surface area contributed by atoms with Crippen molar-refractivity contribution in [1.29, 1.82) is 0 Å². The molecule has 0 aliphatic heterocycles. The van der Waals surface area contributed by atoms with E-state index in [1.165, 1.54) is 0 Å². The molecule has 0 bridgehead atoms. The molecule has 1 aromatic rings. The van der Waals surface area contributed by atoms with Crippen molar-refractivity contribution in [3.8, 4) is 0 Å². The SMILES string of the molecule is C[C@H](CCC(=O)NCC(=O)c1ccccc1)[C@H]1CC[C@H]2[C@@H]3C(=O)C[C@@H]4CC(=O)CC[C@]4(C)[C@H]3CC(=O)[C@]12C. The molecule has 4 aliphatic rings. The van der Waals surface area contributed by atoms with Gasteiger partial charge in [0, 0.05) is 49.0 Å². The number of carbonyl (C=O) groups excluding carboxylic acids is 5. The zero-order valence-corrected chi connectivity index (χ0v) is 23.0. The normalized spacial score (nSPS) is 37.1. The van der Waals surface area contributed by atoms with Crippen molar-refractivity contribution in [1.82, 2.24) is 5.32 Å². The summed E-state index contributed by atoms with van der Waals surface area (Å²) in [6.07, 6.45) is 5.51. The van der Waals surface area contributed by atoms with Crippen molar-refractivity contribution in [3.63, 3.8) is 0 Å². The Hall–Kier alpha value is -2.63. The predicted octanol–water partition coefficient (Wildman–Crippen LogP) is 4.99. The summed E-state index contributed by atoms with van der Waals surface area (Å²) in [5.41, 5.74) is -0.0657. The molecular weight excluding hydrogens is 478 g/mol. The molecule has 204 valence electrons. The van der Waals surface area contributed by atoms with E-state index in [9.17, 15) is 24.0 Å². The summed E-state index contributed by atoms with van der Waals surface area (Å²) in [5, 5.41) is 2.75. The summed E-state index contributed by atoms with van der Waals surface area (Å²) in [4.78, 5) is 64.5. The average Bonchev–Trinajstić information content (AvgIpc) is 3.26. The van der Waals surface area contributed by atoms with Crippen molar-refractivity contribution < 1.29 is 24.0 Å². The fraction of sp³-hybridized carbons (Fsp3) is 0.656. The van der Waals surface area contributed by atoms with Crippen LogP contribution in [0.5, 0.6) is 0 Å².